The number of hydrogen-bond acceptors (Lipinski definition) is 5. The van der Waals surface area contributed by atoms with Crippen molar-refractivity contribution in [2.24, 2.45) is 16.1 Å². The fourth-order valence-electron chi connectivity index (χ4n) is 1.64. The number of aliphatic hydroxyl groups is 1. The predicted molar refractivity (Wildman–Crippen MR) is 106 cm³/mol. The molecule has 27 heavy (non-hydrogen) atoms. The Kier molecular flexibility index (Phi) is 8.35. The molecule has 1 aromatic rings. The lowest BCUT2D eigenvalue weighted by Gasteiger charge is -2.19. The van der Waals surface area contributed by atoms with Crippen LogP contribution in [0.2, 0.25) is 0 Å². The van der Waals surface area contributed by atoms with Gasteiger partial charge < -0.3 is 15.6 Å². The van der Waals surface area contributed by atoms with Gasteiger partial charge in [-0.15, -0.1) is 0 Å². The number of nitrogens with zero attached hydrogens (tertiary/aromatic N) is 1. The van der Waals surface area contributed by atoms with E-state index in [1.807, 2.05) is 20.8 Å². The first-order valence-electron chi connectivity index (χ1n) is 7.78. The summed E-state index contributed by atoms with van der Waals surface area (Å²) in [5.41, 5.74) is 6.40. The fourth-order valence-corrected chi connectivity index (χ4v) is 1.80. The minimum atomic E-state index is -1.76. The van der Waals surface area contributed by atoms with Gasteiger partial charge in [0.05, 0.1) is 12.3 Å². The van der Waals surface area contributed by atoms with E-state index < -0.39 is 34.3 Å². The zero-order valence-electron chi connectivity index (χ0n) is 15.0. The molecule has 4 N–H and O–H groups in total. The third-order valence-corrected chi connectivity index (χ3v) is 3.53. The number of hydrogen-bond donors (Lipinski definition) is 3. The summed E-state index contributed by atoms with van der Waals surface area (Å²) in [6, 6.07) is 3.87. The van der Waals surface area contributed by atoms with Gasteiger partial charge in [0.2, 0.25) is 3.79 Å². The number of alkyl halides is 3. The Hall–Kier alpha value is -1.54. The SMILES string of the molecule is CC(C)(C)C(N)=CC(=Nc1ccc(F)c(CO)c1)NC(=O)OCC(Cl)(Cl)Cl. The van der Waals surface area contributed by atoms with E-state index in [9.17, 15) is 14.3 Å². The van der Waals surface area contributed by atoms with E-state index in [0.717, 1.165) is 6.07 Å². The lowest BCUT2D eigenvalue weighted by molar-refractivity contribution is 0.154. The highest BCUT2D eigenvalue weighted by molar-refractivity contribution is 6.67. The van der Waals surface area contributed by atoms with Gasteiger partial charge in [-0.05, 0) is 18.2 Å². The van der Waals surface area contributed by atoms with E-state index in [-0.39, 0.29) is 17.1 Å². The summed E-state index contributed by atoms with van der Waals surface area (Å²) in [4.78, 5) is 16.2. The molecule has 1 amide bonds. The maximum Gasteiger partial charge on any atom is 0.412 e. The second-order valence-corrected chi connectivity index (χ2v) is 9.11. The predicted octanol–water partition coefficient (Wildman–Crippen LogP) is 4.33. The van der Waals surface area contributed by atoms with E-state index in [1.165, 1.54) is 18.2 Å². The fraction of sp³-hybridized carbons (Fsp3) is 0.412. The second-order valence-electron chi connectivity index (χ2n) is 6.60. The third kappa shape index (κ3) is 8.79. The number of alkyl carbamates (subject to hydrolysis) is 1. The molecule has 0 aromatic heterocycles. The van der Waals surface area contributed by atoms with E-state index in [4.69, 9.17) is 45.3 Å². The Labute approximate surface area is 172 Å². The Morgan fingerprint density at radius 1 is 1.37 bits per heavy atom. The van der Waals surface area contributed by atoms with Crippen molar-refractivity contribution in [3.8, 4) is 0 Å². The molecule has 1 aromatic carbocycles. The zero-order chi connectivity index (χ0) is 20.8. The zero-order valence-corrected chi connectivity index (χ0v) is 17.3. The highest BCUT2D eigenvalue weighted by Gasteiger charge is 2.23. The van der Waals surface area contributed by atoms with E-state index in [2.05, 4.69) is 10.3 Å². The molecular formula is C17H21Cl3FN3O3. The largest absolute Gasteiger partial charge is 0.445 e. The maximum absolute atomic E-state index is 13.5. The van der Waals surface area contributed by atoms with E-state index in [1.54, 1.807) is 0 Å². The Morgan fingerprint density at radius 3 is 2.52 bits per heavy atom. The number of carbonyl (C=O) groups excluding carboxylic acids is 1. The van der Waals surface area contributed by atoms with Crippen molar-refractivity contribution in [2.45, 2.75) is 31.2 Å². The summed E-state index contributed by atoms with van der Waals surface area (Å²) >= 11 is 16.6. The number of aliphatic hydroxyl groups excluding tert-OH is 1. The van der Waals surface area contributed by atoms with Gasteiger partial charge >= 0.3 is 6.09 Å². The van der Waals surface area contributed by atoms with E-state index in [0.29, 0.717) is 5.70 Å². The maximum atomic E-state index is 13.5. The van der Waals surface area contributed by atoms with Crippen LogP contribution in [0.1, 0.15) is 26.3 Å². The molecule has 10 heteroatoms. The van der Waals surface area contributed by atoms with Gasteiger partial charge in [0.25, 0.3) is 0 Å². The molecule has 0 heterocycles. The van der Waals surface area contributed by atoms with Crippen molar-refractivity contribution < 1.29 is 19.0 Å². The van der Waals surface area contributed by atoms with Crippen LogP contribution in [0.4, 0.5) is 14.9 Å². The Bertz CT molecular complexity index is 741. The number of amides is 1. The monoisotopic (exact) mass is 439 g/mol. The molecule has 0 spiro atoms. The van der Waals surface area contributed by atoms with Gasteiger partial charge in [-0.2, -0.15) is 0 Å². The minimum absolute atomic E-state index is 0.0345. The molecule has 0 saturated heterocycles. The van der Waals surface area contributed by atoms with E-state index >= 15 is 0 Å². The van der Waals surface area contributed by atoms with Gasteiger partial charge in [0.15, 0.2) is 0 Å². The molecule has 0 saturated carbocycles. The van der Waals surface area contributed by atoms with Crippen LogP contribution in [-0.2, 0) is 11.3 Å². The summed E-state index contributed by atoms with van der Waals surface area (Å²) in [7, 11) is 0. The first-order chi connectivity index (χ1) is 12.3. The molecule has 1 rings (SSSR count). The average Bonchev–Trinajstić information content (AvgIpc) is 2.53. The lowest BCUT2D eigenvalue weighted by atomic mass is 9.92. The van der Waals surface area contributed by atoms with Crippen LogP contribution in [-0.4, -0.2) is 27.4 Å². The number of rotatable bonds is 4. The minimum Gasteiger partial charge on any atom is -0.445 e. The van der Waals surface area contributed by atoms with Gasteiger partial charge in [-0.1, -0.05) is 55.6 Å². The molecule has 0 unspecified atom stereocenters. The topological polar surface area (TPSA) is 96.9 Å². The summed E-state index contributed by atoms with van der Waals surface area (Å²) in [6.45, 7) is 4.65. The van der Waals surface area contributed by atoms with Crippen molar-refractivity contribution in [3.63, 3.8) is 0 Å². The number of halogens is 4. The molecule has 0 aliphatic rings. The molecule has 0 bridgehead atoms. The Morgan fingerprint density at radius 2 is 2.00 bits per heavy atom. The molecule has 0 atom stereocenters. The molecule has 0 radical (unpaired) electrons. The standard InChI is InChI=1S/C17H21Cl3FN3O3/c1-16(2,3)13(22)7-14(24-15(26)27-9-17(18,19)20)23-11-4-5-12(21)10(6-11)8-25/h4-7,25H,8-9,22H2,1-3H3,(H,23,24,26). The van der Waals surface area contributed by atoms with Crippen LogP contribution in [0.15, 0.2) is 35.0 Å². The summed E-state index contributed by atoms with van der Waals surface area (Å²) < 4.78 is 16.6. The second kappa shape index (κ2) is 9.59. The molecule has 0 aliphatic carbocycles. The lowest BCUT2D eigenvalue weighted by Crippen LogP contribution is -2.33. The number of allylic oxidation sites excluding steroid dienone is 1. The van der Waals surface area contributed by atoms with Crippen LogP contribution < -0.4 is 11.1 Å². The number of nitrogens with one attached hydrogen (secondary N) is 1. The number of carbonyl (C=O) groups is 1. The van der Waals surface area contributed by atoms with Gasteiger partial charge in [0.1, 0.15) is 18.3 Å². The van der Waals surface area contributed by atoms with Gasteiger partial charge in [-0.3, -0.25) is 5.32 Å². The average molecular weight is 441 g/mol. The van der Waals surface area contributed by atoms with Crippen molar-refractivity contribution in [1.29, 1.82) is 0 Å². The van der Waals surface area contributed by atoms with Crippen LogP contribution >= 0.6 is 34.8 Å². The van der Waals surface area contributed by atoms with Gasteiger partial charge in [-0.25, -0.2) is 14.2 Å². The number of ether oxygens (including phenoxy) is 1. The summed E-state index contributed by atoms with van der Waals surface area (Å²) in [5, 5.41) is 11.6. The smallest absolute Gasteiger partial charge is 0.412 e. The number of nitrogens with two attached hydrogens (primary N) is 1. The van der Waals surface area contributed by atoms with Crippen molar-refractivity contribution >= 4 is 52.4 Å². The van der Waals surface area contributed by atoms with Crippen LogP contribution in [0.25, 0.3) is 0 Å². The number of benzene rings is 1. The summed E-state index contributed by atoms with van der Waals surface area (Å²) in [5.74, 6) is -0.537. The molecule has 0 fully saturated rings. The Balaban J connectivity index is 3.16. The highest BCUT2D eigenvalue weighted by Crippen LogP contribution is 2.26. The van der Waals surface area contributed by atoms with Crippen molar-refractivity contribution in [3.05, 3.63) is 41.4 Å². The van der Waals surface area contributed by atoms with Crippen LogP contribution in [0.3, 0.4) is 0 Å². The van der Waals surface area contributed by atoms with Gasteiger partial charge in [0, 0.05) is 22.8 Å². The third-order valence-electron chi connectivity index (χ3n) is 3.20. The quantitative estimate of drug-likeness (QED) is 0.369. The number of aliphatic imine (C=N–C) groups is 1. The number of amidine groups is 1. The molecule has 6 nitrogen and oxygen atoms in total. The van der Waals surface area contributed by atoms with Crippen molar-refractivity contribution in [1.82, 2.24) is 5.32 Å². The molecular weight excluding hydrogens is 420 g/mol. The first kappa shape index (κ1) is 23.5. The molecule has 150 valence electrons. The normalized spacial score (nSPS) is 13.5. The summed E-state index contributed by atoms with van der Waals surface area (Å²) in [6.07, 6.45) is 0.529. The van der Waals surface area contributed by atoms with Crippen molar-refractivity contribution in [2.75, 3.05) is 6.61 Å². The first-order valence-corrected chi connectivity index (χ1v) is 8.91. The highest BCUT2D eigenvalue weighted by atomic mass is 35.6. The molecule has 0 aliphatic heterocycles. The van der Waals surface area contributed by atoms with Crippen LogP contribution in [0, 0.1) is 11.2 Å². The van der Waals surface area contributed by atoms with Crippen LogP contribution in [0.5, 0.6) is 0 Å².